The Morgan fingerprint density at radius 3 is 2.68 bits per heavy atom. The molecule has 0 spiro atoms. The van der Waals surface area contributed by atoms with Crippen molar-refractivity contribution in [1.29, 1.82) is 0 Å². The third-order valence-corrected chi connectivity index (χ3v) is 2.69. The molecule has 0 bridgehead atoms. The molecule has 0 radical (unpaired) electrons. The number of ether oxygens (including phenoxy) is 1. The Morgan fingerprint density at radius 1 is 1.37 bits per heavy atom. The van der Waals surface area contributed by atoms with Gasteiger partial charge in [-0.05, 0) is 31.5 Å². The number of methoxy groups -OCH3 is 1. The van der Waals surface area contributed by atoms with Gasteiger partial charge in [-0.2, -0.15) is 0 Å². The minimum absolute atomic E-state index is 0.0451. The lowest BCUT2D eigenvalue weighted by Crippen LogP contribution is -2.26. The van der Waals surface area contributed by atoms with E-state index in [4.69, 9.17) is 9.84 Å². The maximum absolute atomic E-state index is 11.7. The van der Waals surface area contributed by atoms with Crippen LogP contribution in [0.25, 0.3) is 0 Å². The second kappa shape index (κ2) is 7.53. The third kappa shape index (κ3) is 4.71. The first kappa shape index (κ1) is 15.2. The molecule has 5 nitrogen and oxygen atoms in total. The van der Waals surface area contributed by atoms with Gasteiger partial charge in [-0.1, -0.05) is 0 Å². The highest BCUT2D eigenvalue weighted by molar-refractivity contribution is 5.94. The second-order valence-electron chi connectivity index (χ2n) is 4.19. The zero-order valence-corrected chi connectivity index (χ0v) is 11.2. The molecular formula is C14H19NO4. The minimum atomic E-state index is -0.160. The molecule has 0 aliphatic heterocycles. The molecule has 1 aromatic carbocycles. The molecule has 0 saturated carbocycles. The van der Waals surface area contributed by atoms with Gasteiger partial charge in [-0.25, -0.2) is 0 Å². The van der Waals surface area contributed by atoms with E-state index >= 15 is 0 Å². The first-order valence-electron chi connectivity index (χ1n) is 6.14. The van der Waals surface area contributed by atoms with Crippen LogP contribution >= 0.6 is 0 Å². The number of aliphatic hydroxyl groups is 1. The number of benzene rings is 1. The van der Waals surface area contributed by atoms with E-state index in [2.05, 4.69) is 5.32 Å². The average Bonchev–Trinajstić information content (AvgIpc) is 2.38. The number of hydrogen-bond donors (Lipinski definition) is 2. The van der Waals surface area contributed by atoms with Crippen LogP contribution in [-0.2, 0) is 11.2 Å². The summed E-state index contributed by atoms with van der Waals surface area (Å²) in [6, 6.07) is 5.04. The van der Waals surface area contributed by atoms with E-state index in [-0.39, 0.29) is 24.7 Å². The van der Waals surface area contributed by atoms with Crippen molar-refractivity contribution in [3.8, 4) is 5.75 Å². The Labute approximate surface area is 112 Å². The fourth-order valence-corrected chi connectivity index (χ4v) is 1.68. The summed E-state index contributed by atoms with van der Waals surface area (Å²) in [5.74, 6) is 0.374. The lowest BCUT2D eigenvalue weighted by molar-refractivity contribution is -0.120. The molecule has 19 heavy (non-hydrogen) atoms. The van der Waals surface area contributed by atoms with Gasteiger partial charge in [0.15, 0.2) is 5.78 Å². The number of amides is 1. The van der Waals surface area contributed by atoms with Crippen molar-refractivity contribution < 1.29 is 19.4 Å². The molecule has 2 N–H and O–H groups in total. The summed E-state index contributed by atoms with van der Waals surface area (Å²) in [5.41, 5.74) is 1.23. The van der Waals surface area contributed by atoms with Gasteiger partial charge in [-0.15, -0.1) is 0 Å². The molecule has 1 amide bonds. The largest absolute Gasteiger partial charge is 0.496 e. The predicted octanol–water partition coefficient (Wildman–Crippen LogP) is 0.939. The van der Waals surface area contributed by atoms with E-state index in [0.717, 1.165) is 0 Å². The van der Waals surface area contributed by atoms with Crippen molar-refractivity contribution in [1.82, 2.24) is 5.32 Å². The Bertz CT molecular complexity index is 457. The van der Waals surface area contributed by atoms with E-state index in [1.807, 2.05) is 0 Å². The summed E-state index contributed by atoms with van der Waals surface area (Å²) in [5, 5.41) is 11.3. The molecule has 0 fully saturated rings. The van der Waals surface area contributed by atoms with E-state index in [9.17, 15) is 9.59 Å². The van der Waals surface area contributed by atoms with Crippen molar-refractivity contribution in [2.45, 2.75) is 19.8 Å². The number of hydrogen-bond acceptors (Lipinski definition) is 4. The lowest BCUT2D eigenvalue weighted by Gasteiger charge is -2.10. The van der Waals surface area contributed by atoms with Gasteiger partial charge < -0.3 is 15.2 Å². The van der Waals surface area contributed by atoms with Gasteiger partial charge >= 0.3 is 0 Å². The van der Waals surface area contributed by atoms with Gasteiger partial charge in [0.1, 0.15) is 5.75 Å². The number of rotatable bonds is 7. The Balaban J connectivity index is 2.77. The number of carbonyl (C=O) groups excluding carboxylic acids is 2. The number of nitrogens with one attached hydrogen (secondary N) is 1. The SMILES string of the molecule is COc1ccc(C(C)=O)cc1CC(=O)NCCCO. The molecule has 0 unspecified atom stereocenters. The van der Waals surface area contributed by atoms with Crippen molar-refractivity contribution in [2.24, 2.45) is 0 Å². The van der Waals surface area contributed by atoms with E-state index in [1.165, 1.54) is 14.0 Å². The Hall–Kier alpha value is -1.88. The van der Waals surface area contributed by atoms with Crippen molar-refractivity contribution in [2.75, 3.05) is 20.3 Å². The van der Waals surface area contributed by atoms with E-state index in [1.54, 1.807) is 18.2 Å². The summed E-state index contributed by atoms with van der Waals surface area (Å²) < 4.78 is 5.18. The van der Waals surface area contributed by atoms with Crippen LogP contribution in [0, 0.1) is 0 Å². The van der Waals surface area contributed by atoms with Gasteiger partial charge in [0.25, 0.3) is 0 Å². The van der Waals surface area contributed by atoms with Crippen LogP contribution in [0.1, 0.15) is 29.3 Å². The lowest BCUT2D eigenvalue weighted by atomic mass is 10.0. The molecule has 0 saturated heterocycles. The Morgan fingerprint density at radius 2 is 2.11 bits per heavy atom. The summed E-state index contributed by atoms with van der Waals surface area (Å²) in [4.78, 5) is 23.0. The molecule has 1 aromatic rings. The van der Waals surface area contributed by atoms with Crippen LogP contribution in [0.15, 0.2) is 18.2 Å². The maximum atomic E-state index is 11.7. The summed E-state index contributed by atoms with van der Waals surface area (Å²) in [6.45, 7) is 1.96. The summed E-state index contributed by atoms with van der Waals surface area (Å²) in [7, 11) is 1.52. The van der Waals surface area contributed by atoms with E-state index in [0.29, 0.717) is 29.8 Å². The number of aliphatic hydroxyl groups excluding tert-OH is 1. The van der Waals surface area contributed by atoms with Gasteiger partial charge in [0.05, 0.1) is 13.5 Å². The Kier molecular flexibility index (Phi) is 6.02. The number of carbonyl (C=O) groups is 2. The standard InChI is InChI=1S/C14H19NO4/c1-10(17)11-4-5-13(19-2)12(8-11)9-14(18)15-6-3-7-16/h4-5,8,16H,3,6-7,9H2,1-2H3,(H,15,18). The van der Waals surface area contributed by atoms with Crippen LogP contribution in [0.4, 0.5) is 0 Å². The number of Topliss-reactive ketones (excluding diaryl/α,β-unsaturated/α-hetero) is 1. The maximum Gasteiger partial charge on any atom is 0.224 e. The topological polar surface area (TPSA) is 75.6 Å². The first-order valence-corrected chi connectivity index (χ1v) is 6.14. The number of ketones is 1. The zero-order chi connectivity index (χ0) is 14.3. The van der Waals surface area contributed by atoms with Gasteiger partial charge in [0.2, 0.25) is 5.91 Å². The highest BCUT2D eigenvalue weighted by Gasteiger charge is 2.11. The molecule has 1 rings (SSSR count). The highest BCUT2D eigenvalue weighted by atomic mass is 16.5. The van der Waals surface area contributed by atoms with Crippen LogP contribution in [0.2, 0.25) is 0 Å². The molecule has 104 valence electrons. The fraction of sp³-hybridized carbons (Fsp3) is 0.429. The zero-order valence-electron chi connectivity index (χ0n) is 11.2. The van der Waals surface area contributed by atoms with Crippen LogP contribution in [0.3, 0.4) is 0 Å². The second-order valence-corrected chi connectivity index (χ2v) is 4.19. The van der Waals surface area contributed by atoms with E-state index < -0.39 is 0 Å². The molecule has 5 heteroatoms. The normalized spacial score (nSPS) is 10.1. The average molecular weight is 265 g/mol. The van der Waals surface area contributed by atoms with Crippen molar-refractivity contribution in [3.05, 3.63) is 29.3 Å². The minimum Gasteiger partial charge on any atom is -0.496 e. The first-order chi connectivity index (χ1) is 9.08. The highest BCUT2D eigenvalue weighted by Crippen LogP contribution is 2.20. The van der Waals surface area contributed by atoms with Crippen molar-refractivity contribution >= 4 is 11.7 Å². The molecular weight excluding hydrogens is 246 g/mol. The molecule has 0 atom stereocenters. The predicted molar refractivity (Wildman–Crippen MR) is 71.4 cm³/mol. The van der Waals surface area contributed by atoms with Crippen LogP contribution in [0.5, 0.6) is 5.75 Å². The third-order valence-electron chi connectivity index (χ3n) is 2.69. The van der Waals surface area contributed by atoms with Crippen molar-refractivity contribution in [3.63, 3.8) is 0 Å². The smallest absolute Gasteiger partial charge is 0.224 e. The van der Waals surface area contributed by atoms with Crippen LogP contribution < -0.4 is 10.1 Å². The monoisotopic (exact) mass is 265 g/mol. The van der Waals surface area contributed by atoms with Gasteiger partial charge in [0, 0.05) is 24.3 Å². The summed E-state index contributed by atoms with van der Waals surface area (Å²) >= 11 is 0. The molecule has 0 aliphatic carbocycles. The quantitative estimate of drug-likeness (QED) is 0.568. The molecule has 0 aliphatic rings. The molecule has 0 aromatic heterocycles. The van der Waals surface area contributed by atoms with Crippen LogP contribution in [-0.4, -0.2) is 37.1 Å². The summed E-state index contributed by atoms with van der Waals surface area (Å²) in [6.07, 6.45) is 0.673. The fourth-order valence-electron chi connectivity index (χ4n) is 1.68. The molecule has 0 heterocycles. The van der Waals surface area contributed by atoms with Gasteiger partial charge in [-0.3, -0.25) is 9.59 Å².